The molecule has 12 aromatic carbocycles. The Balaban J connectivity index is 0.000000183. The van der Waals surface area contributed by atoms with Crippen molar-refractivity contribution in [3.05, 3.63) is 532 Å². The standard InChI is InChI=1S/2C22H22N.2C21H20N.4C11H8N.4Ir/c1-16-11-12-21(23-15-16)19-9-5-7-17(13-19)18-8-6-10-20(14-18)22(2,3)4;1-16-12-13-21(23-15-16)18-9-7-8-17(14-18)19-10-5-6-11-20(19)22(2,3)4;1-21(2,3)19-11-7-9-17(15-19)16-8-6-10-18(14-16)20-12-4-5-13-22-20;1-21(2,3)19-12-5-4-11-18(19)16-9-8-10-17(15-16)20-13-6-7-14-22-20;4*1-2-6-10(7-3-1)11-8-4-5-9-12-11;;;;/h2*5-8,10-15H,1-4H3;2*4-9,11-15H,1-3H3;4*1-6,8-9H;;;;/q8*-1;;;;. The zero-order chi connectivity index (χ0) is 97.0. The molecular weight excluding hydrogens is 2440 g/mol. The third-order valence-corrected chi connectivity index (χ3v) is 22.3. The van der Waals surface area contributed by atoms with Gasteiger partial charge in [0.2, 0.25) is 0 Å². The number of aryl methyl sites for hydroxylation is 2. The van der Waals surface area contributed by atoms with Crippen molar-refractivity contribution in [1.29, 1.82) is 0 Å². The summed E-state index contributed by atoms with van der Waals surface area (Å²) in [6.45, 7) is 31.1. The molecule has 0 fully saturated rings. The fourth-order valence-electron chi connectivity index (χ4n) is 14.9. The maximum Gasteiger partial charge on any atom is 0.0190 e. The van der Waals surface area contributed by atoms with Gasteiger partial charge in [0.25, 0.3) is 0 Å². The predicted octanol–water partition coefficient (Wildman–Crippen LogP) is 32.9. The quantitative estimate of drug-likeness (QED) is 0.111. The third kappa shape index (κ3) is 34.4. The van der Waals surface area contributed by atoms with Gasteiger partial charge in [0, 0.05) is 130 Å². The van der Waals surface area contributed by atoms with E-state index < -0.39 is 0 Å². The molecule has 8 nitrogen and oxygen atoms in total. The first kappa shape index (κ1) is 112. The summed E-state index contributed by atoms with van der Waals surface area (Å²) in [6.07, 6.45) is 14.6. The van der Waals surface area contributed by atoms with E-state index >= 15 is 0 Å². The van der Waals surface area contributed by atoms with Crippen molar-refractivity contribution in [3.63, 3.8) is 0 Å². The number of rotatable bonds is 12. The zero-order valence-corrected chi connectivity index (χ0v) is 92.2. The molecule has 0 atom stereocenters. The molecule has 0 spiro atoms. The second kappa shape index (κ2) is 56.2. The van der Waals surface area contributed by atoms with Crippen molar-refractivity contribution in [3.8, 4) is 135 Å². The number of pyridine rings is 8. The van der Waals surface area contributed by atoms with Crippen LogP contribution in [0.3, 0.4) is 0 Å². The van der Waals surface area contributed by atoms with Crippen molar-refractivity contribution in [2.75, 3.05) is 0 Å². The average molecular weight is 2560 g/mol. The Morgan fingerprint density at radius 1 is 0.176 bits per heavy atom. The van der Waals surface area contributed by atoms with Crippen molar-refractivity contribution >= 4 is 0 Å². The van der Waals surface area contributed by atoms with Gasteiger partial charge in [-0.1, -0.05) is 277 Å². The topological polar surface area (TPSA) is 103 Å². The van der Waals surface area contributed by atoms with Gasteiger partial charge in [0.1, 0.15) is 0 Å². The van der Waals surface area contributed by atoms with Crippen LogP contribution in [0.5, 0.6) is 0 Å². The number of hydrogen-bond donors (Lipinski definition) is 0. The van der Waals surface area contributed by atoms with E-state index in [9.17, 15) is 0 Å². The first-order valence-electron chi connectivity index (χ1n) is 46.5. The van der Waals surface area contributed by atoms with E-state index in [1.807, 2.05) is 255 Å². The van der Waals surface area contributed by atoms with Gasteiger partial charge < -0.3 is 39.9 Å². The molecule has 12 heteroatoms. The Morgan fingerprint density at radius 3 is 0.648 bits per heavy atom. The summed E-state index contributed by atoms with van der Waals surface area (Å²) in [5, 5.41) is 0. The third-order valence-electron chi connectivity index (χ3n) is 22.3. The van der Waals surface area contributed by atoms with Gasteiger partial charge in [-0.2, -0.15) is 0 Å². The van der Waals surface area contributed by atoms with Gasteiger partial charge in [-0.15, -0.1) is 285 Å². The summed E-state index contributed by atoms with van der Waals surface area (Å²) in [5.74, 6) is 0. The Labute approximate surface area is 897 Å². The molecule has 142 heavy (non-hydrogen) atoms. The second-order valence-electron chi connectivity index (χ2n) is 37.1. The Bertz CT molecular complexity index is 6600. The number of hydrogen-bond acceptors (Lipinski definition) is 8. The molecule has 0 aliphatic carbocycles. The fraction of sp³-hybridized carbons (Fsp3) is 0.138. The van der Waals surface area contributed by atoms with Crippen LogP contribution in [0.1, 0.15) is 116 Å². The van der Waals surface area contributed by atoms with E-state index in [4.69, 9.17) is 0 Å². The first-order valence-corrected chi connectivity index (χ1v) is 46.5. The van der Waals surface area contributed by atoms with Gasteiger partial charge in [-0.3, -0.25) is 0 Å². The normalized spacial score (nSPS) is 10.5. The minimum atomic E-state index is 0. The molecule has 8 aromatic heterocycles. The van der Waals surface area contributed by atoms with Crippen LogP contribution in [0.25, 0.3) is 135 Å². The molecular formula is C130H116Ir4N8-8. The van der Waals surface area contributed by atoms with Gasteiger partial charge in [0.05, 0.1) is 0 Å². The molecule has 8 heterocycles. The summed E-state index contributed by atoms with van der Waals surface area (Å²) >= 11 is 0. The van der Waals surface area contributed by atoms with Crippen LogP contribution in [0.15, 0.2) is 450 Å². The zero-order valence-electron chi connectivity index (χ0n) is 82.6. The van der Waals surface area contributed by atoms with Gasteiger partial charge in [0.15, 0.2) is 0 Å². The van der Waals surface area contributed by atoms with Crippen LogP contribution in [0.2, 0.25) is 0 Å². The minimum absolute atomic E-state index is 0. The SMILES string of the molecule is CC(C)(C)c1cccc(-c2cc[c-]c(-c3ccccn3)c2)c1.CC(C)(C)c1ccccc1-c1cc[c-]c(-c2ccccn2)c1.Cc1ccc(-c2[c-]ccc(-c3cccc(C(C)(C)C)c3)c2)nc1.Cc1ccc(-c2[c-]ccc(-c3ccccc3C(C)(C)C)c2)nc1.[Ir].[Ir].[Ir].[Ir].[c-]1ccccc1-c1ccccn1.[c-]1ccccc1-c1ccccn1.[c-]1ccccc1-c1ccccn1.[c-]1ccccc1-c1ccccn1. The van der Waals surface area contributed by atoms with Gasteiger partial charge >= 0.3 is 0 Å². The molecule has 0 saturated carbocycles. The summed E-state index contributed by atoms with van der Waals surface area (Å²) in [7, 11) is 0. The average Bonchev–Trinajstić information content (AvgIpc) is 0.793. The van der Waals surface area contributed by atoms with E-state index in [0.717, 1.165) is 90.1 Å². The summed E-state index contributed by atoms with van der Waals surface area (Å²) < 4.78 is 0. The summed E-state index contributed by atoms with van der Waals surface area (Å²) in [4.78, 5) is 34.7. The van der Waals surface area contributed by atoms with Crippen molar-refractivity contribution in [2.45, 2.75) is 119 Å². The number of benzene rings is 12. The number of aromatic nitrogens is 8. The molecule has 0 N–H and O–H groups in total. The van der Waals surface area contributed by atoms with E-state index in [1.54, 1.807) is 24.8 Å². The largest absolute Gasteiger partial charge is 0.305 e. The molecule has 20 rings (SSSR count). The van der Waals surface area contributed by atoms with E-state index in [-0.39, 0.29) is 102 Å². The van der Waals surface area contributed by atoms with Gasteiger partial charge in [-0.05, 0) is 173 Å². The maximum absolute atomic E-state index is 4.52. The van der Waals surface area contributed by atoms with E-state index in [2.05, 4.69) is 355 Å². The van der Waals surface area contributed by atoms with E-state index in [0.29, 0.717) is 0 Å². The fourth-order valence-corrected chi connectivity index (χ4v) is 14.9. The Kier molecular flexibility index (Phi) is 44.3. The maximum atomic E-state index is 4.52. The molecule has 0 saturated heterocycles. The predicted molar refractivity (Wildman–Crippen MR) is 574 cm³/mol. The smallest absolute Gasteiger partial charge is 0.0190 e. The first-order chi connectivity index (χ1) is 66.8. The van der Waals surface area contributed by atoms with Crippen LogP contribution in [-0.4, -0.2) is 39.9 Å². The van der Waals surface area contributed by atoms with Crippen LogP contribution >= 0.6 is 0 Å². The molecule has 0 bridgehead atoms. The van der Waals surface area contributed by atoms with Crippen LogP contribution in [0.4, 0.5) is 0 Å². The van der Waals surface area contributed by atoms with Crippen molar-refractivity contribution in [2.24, 2.45) is 0 Å². The monoisotopic (exact) mass is 2560 g/mol. The van der Waals surface area contributed by atoms with E-state index in [1.165, 1.54) is 77.9 Å². The molecule has 20 aromatic rings. The molecule has 0 unspecified atom stereocenters. The van der Waals surface area contributed by atoms with Crippen molar-refractivity contribution < 1.29 is 80.4 Å². The van der Waals surface area contributed by atoms with Crippen molar-refractivity contribution in [1.82, 2.24) is 39.9 Å². The summed E-state index contributed by atoms with van der Waals surface area (Å²) in [6, 6.07) is 160. The molecule has 0 aliphatic rings. The van der Waals surface area contributed by atoms with Crippen LogP contribution < -0.4 is 0 Å². The second-order valence-corrected chi connectivity index (χ2v) is 37.1. The van der Waals surface area contributed by atoms with Crippen LogP contribution in [-0.2, 0) is 102 Å². The number of nitrogens with zero attached hydrogens (tertiary/aromatic N) is 8. The minimum Gasteiger partial charge on any atom is -0.305 e. The Morgan fingerprint density at radius 2 is 0.408 bits per heavy atom. The molecule has 4 radical (unpaired) electrons. The molecule has 0 aliphatic heterocycles. The molecule has 0 amide bonds. The molecule has 720 valence electrons. The Hall–Kier alpha value is -13.6. The van der Waals surface area contributed by atoms with Crippen LogP contribution in [0, 0.1) is 62.4 Å². The summed E-state index contributed by atoms with van der Waals surface area (Å²) in [5.41, 5.74) is 34.1. The van der Waals surface area contributed by atoms with Gasteiger partial charge in [-0.25, -0.2) is 0 Å².